The molecule has 0 bridgehead atoms. The van der Waals surface area contributed by atoms with E-state index in [0.29, 0.717) is 18.9 Å². The maximum atomic E-state index is 13.5. The average Bonchev–Trinajstić information content (AvgIpc) is 2.96. The molecule has 0 saturated heterocycles. The topological polar surface area (TPSA) is 46.2 Å². The fourth-order valence-corrected chi connectivity index (χ4v) is 1.76. The van der Waals surface area contributed by atoms with Crippen LogP contribution in [0.4, 0.5) is 13.2 Å². The molecule has 1 aliphatic carbocycles. The summed E-state index contributed by atoms with van der Waals surface area (Å²) in [6, 6.07) is 0.431. The summed E-state index contributed by atoms with van der Waals surface area (Å²) in [7, 11) is 0. The van der Waals surface area contributed by atoms with E-state index < -0.39 is 34.2 Å². The summed E-state index contributed by atoms with van der Waals surface area (Å²) >= 11 is 0. The van der Waals surface area contributed by atoms with Crippen LogP contribution in [0.3, 0.4) is 0 Å². The molecule has 1 aromatic carbocycles. The minimum absolute atomic E-state index is 0.0454. The van der Waals surface area contributed by atoms with Crippen LogP contribution in [0.1, 0.15) is 18.4 Å². The molecule has 0 aliphatic heterocycles. The van der Waals surface area contributed by atoms with E-state index >= 15 is 0 Å². The first kappa shape index (κ1) is 10.3. The highest BCUT2D eigenvalue weighted by Crippen LogP contribution is 2.50. The number of phenolic OH excluding ortho intramolecular Hbond substituents is 1. The van der Waals surface area contributed by atoms with Crippen molar-refractivity contribution in [2.45, 2.75) is 18.3 Å². The quantitative estimate of drug-likeness (QED) is 0.742. The summed E-state index contributed by atoms with van der Waals surface area (Å²) in [5, 5.41) is 9.07. The van der Waals surface area contributed by atoms with Crippen molar-refractivity contribution in [1.29, 1.82) is 0 Å². The van der Waals surface area contributed by atoms with Gasteiger partial charge >= 0.3 is 0 Å². The van der Waals surface area contributed by atoms with Crippen LogP contribution in [-0.4, -0.2) is 11.7 Å². The van der Waals surface area contributed by atoms with Gasteiger partial charge in [0.2, 0.25) is 0 Å². The predicted molar refractivity (Wildman–Crippen MR) is 47.9 cm³/mol. The van der Waals surface area contributed by atoms with Crippen molar-refractivity contribution in [3.05, 3.63) is 29.1 Å². The van der Waals surface area contributed by atoms with E-state index in [4.69, 9.17) is 10.8 Å². The fraction of sp³-hybridized carbons (Fsp3) is 0.400. The Labute approximate surface area is 84.5 Å². The van der Waals surface area contributed by atoms with Crippen LogP contribution >= 0.6 is 0 Å². The molecular weight excluding hydrogens is 207 g/mol. The van der Waals surface area contributed by atoms with Crippen molar-refractivity contribution < 1.29 is 18.3 Å². The van der Waals surface area contributed by atoms with Crippen molar-refractivity contribution in [3.8, 4) is 5.75 Å². The van der Waals surface area contributed by atoms with Crippen LogP contribution in [0.5, 0.6) is 5.75 Å². The van der Waals surface area contributed by atoms with Crippen LogP contribution in [0.15, 0.2) is 6.07 Å². The molecule has 2 rings (SSSR count). The van der Waals surface area contributed by atoms with Gasteiger partial charge in [-0.15, -0.1) is 0 Å². The largest absolute Gasteiger partial charge is 0.505 e. The number of hydrogen-bond acceptors (Lipinski definition) is 2. The first-order valence-electron chi connectivity index (χ1n) is 4.59. The first-order valence-corrected chi connectivity index (χ1v) is 4.59. The van der Waals surface area contributed by atoms with E-state index in [-0.39, 0.29) is 6.54 Å². The number of hydrogen-bond donors (Lipinski definition) is 2. The third-order valence-corrected chi connectivity index (χ3v) is 2.91. The summed E-state index contributed by atoms with van der Waals surface area (Å²) in [6.07, 6.45) is 1.03. The van der Waals surface area contributed by atoms with Gasteiger partial charge in [-0.3, -0.25) is 0 Å². The van der Waals surface area contributed by atoms with E-state index in [2.05, 4.69) is 0 Å². The monoisotopic (exact) mass is 217 g/mol. The van der Waals surface area contributed by atoms with E-state index in [9.17, 15) is 13.2 Å². The lowest BCUT2D eigenvalue weighted by atomic mass is 9.94. The second-order valence-electron chi connectivity index (χ2n) is 3.86. The summed E-state index contributed by atoms with van der Waals surface area (Å²) in [5.74, 6) is -4.46. The highest BCUT2D eigenvalue weighted by molar-refractivity contribution is 5.41. The predicted octanol–water partition coefficient (Wildman–Crippen LogP) is 1.80. The lowest BCUT2D eigenvalue weighted by Crippen LogP contribution is -2.23. The molecule has 1 aromatic rings. The zero-order valence-corrected chi connectivity index (χ0v) is 7.86. The molecule has 0 heterocycles. The number of phenols is 1. The zero-order valence-electron chi connectivity index (χ0n) is 7.86. The van der Waals surface area contributed by atoms with Crippen molar-refractivity contribution in [1.82, 2.24) is 0 Å². The van der Waals surface area contributed by atoms with E-state index in [0.717, 1.165) is 0 Å². The third kappa shape index (κ3) is 1.38. The Hall–Kier alpha value is -1.23. The van der Waals surface area contributed by atoms with Gasteiger partial charge < -0.3 is 10.8 Å². The van der Waals surface area contributed by atoms with Crippen molar-refractivity contribution >= 4 is 0 Å². The average molecular weight is 217 g/mol. The molecule has 1 aliphatic rings. The molecule has 3 N–H and O–H groups in total. The van der Waals surface area contributed by atoms with Crippen LogP contribution in [0.2, 0.25) is 0 Å². The second-order valence-corrected chi connectivity index (χ2v) is 3.86. The zero-order chi connectivity index (χ0) is 11.2. The van der Waals surface area contributed by atoms with Gasteiger partial charge in [-0.2, -0.15) is 0 Å². The summed E-state index contributed by atoms with van der Waals surface area (Å²) in [6.45, 7) is 0.0454. The molecule has 1 saturated carbocycles. The number of nitrogens with two attached hydrogens (primary N) is 1. The van der Waals surface area contributed by atoms with Gasteiger partial charge in [0, 0.05) is 23.6 Å². The summed E-state index contributed by atoms with van der Waals surface area (Å²) < 4.78 is 39.8. The maximum absolute atomic E-state index is 13.5. The molecule has 0 spiro atoms. The van der Waals surface area contributed by atoms with Crippen molar-refractivity contribution in [3.63, 3.8) is 0 Å². The molecule has 0 aromatic heterocycles. The van der Waals surface area contributed by atoms with Crippen LogP contribution in [0.25, 0.3) is 0 Å². The van der Waals surface area contributed by atoms with Gasteiger partial charge in [0.15, 0.2) is 23.2 Å². The highest BCUT2D eigenvalue weighted by atomic mass is 19.2. The standard InChI is InChI=1S/C10H10F3NO/c11-5-3-6(15)9(13)7(8(5)12)10(4-14)1-2-10/h3,15H,1-2,4,14H2. The Morgan fingerprint density at radius 1 is 1.27 bits per heavy atom. The van der Waals surface area contributed by atoms with Gasteiger partial charge in [-0.05, 0) is 12.8 Å². The Bertz CT molecular complexity index is 389. The molecule has 1 fully saturated rings. The van der Waals surface area contributed by atoms with Crippen molar-refractivity contribution in [2.75, 3.05) is 6.54 Å². The van der Waals surface area contributed by atoms with Gasteiger partial charge in [-0.1, -0.05) is 0 Å². The molecule has 0 unspecified atom stereocenters. The number of benzene rings is 1. The Balaban J connectivity index is 2.64. The molecule has 0 atom stereocenters. The van der Waals surface area contributed by atoms with Crippen molar-refractivity contribution in [2.24, 2.45) is 5.73 Å². The molecule has 0 amide bonds. The fourth-order valence-electron chi connectivity index (χ4n) is 1.76. The van der Waals surface area contributed by atoms with E-state index in [1.54, 1.807) is 0 Å². The lowest BCUT2D eigenvalue weighted by Gasteiger charge is -2.15. The van der Waals surface area contributed by atoms with Crippen LogP contribution in [-0.2, 0) is 5.41 Å². The molecule has 82 valence electrons. The Morgan fingerprint density at radius 2 is 1.87 bits per heavy atom. The minimum Gasteiger partial charge on any atom is -0.505 e. The van der Waals surface area contributed by atoms with Gasteiger partial charge in [0.25, 0.3) is 0 Å². The number of rotatable bonds is 2. The minimum atomic E-state index is -1.25. The SMILES string of the molecule is NCC1(c2c(F)c(O)cc(F)c2F)CC1. The number of halogens is 3. The first-order chi connectivity index (χ1) is 7.02. The molecule has 5 heteroatoms. The summed E-state index contributed by atoms with van der Waals surface area (Å²) in [5.41, 5.74) is 4.16. The Kier molecular flexibility index (Phi) is 2.15. The van der Waals surface area contributed by atoms with E-state index in [1.165, 1.54) is 0 Å². The molecule has 0 radical (unpaired) electrons. The lowest BCUT2D eigenvalue weighted by molar-refractivity contribution is 0.395. The molecule has 2 nitrogen and oxygen atoms in total. The van der Waals surface area contributed by atoms with E-state index in [1.807, 2.05) is 0 Å². The Morgan fingerprint density at radius 3 is 2.33 bits per heavy atom. The number of aromatic hydroxyl groups is 1. The highest BCUT2D eigenvalue weighted by Gasteiger charge is 2.48. The van der Waals surface area contributed by atoms with Gasteiger partial charge in [0.05, 0.1) is 0 Å². The normalized spacial score (nSPS) is 17.9. The smallest absolute Gasteiger partial charge is 0.171 e. The third-order valence-electron chi connectivity index (χ3n) is 2.91. The second kappa shape index (κ2) is 3.13. The molecular formula is C10H10F3NO. The van der Waals surface area contributed by atoms with Crippen LogP contribution in [0, 0.1) is 17.5 Å². The maximum Gasteiger partial charge on any atom is 0.171 e. The van der Waals surface area contributed by atoms with Gasteiger partial charge in [-0.25, -0.2) is 13.2 Å². The molecule has 15 heavy (non-hydrogen) atoms. The van der Waals surface area contributed by atoms with Gasteiger partial charge in [0.1, 0.15) is 0 Å². The summed E-state index contributed by atoms with van der Waals surface area (Å²) in [4.78, 5) is 0. The van der Waals surface area contributed by atoms with Crippen LogP contribution < -0.4 is 5.73 Å².